The van der Waals surface area contributed by atoms with Crippen LogP contribution < -0.4 is 0 Å². The maximum Gasteiger partial charge on any atom is 0.410 e. The Balaban J connectivity index is 2.47. The third kappa shape index (κ3) is 4.45. The van der Waals surface area contributed by atoms with E-state index >= 15 is 0 Å². The Morgan fingerprint density at radius 2 is 2.19 bits per heavy atom. The van der Waals surface area contributed by atoms with Crippen molar-refractivity contribution in [1.82, 2.24) is 4.90 Å². The number of ether oxygens (including phenoxy) is 2. The van der Waals surface area contributed by atoms with Crippen LogP contribution in [0.5, 0.6) is 0 Å². The van der Waals surface area contributed by atoms with E-state index in [4.69, 9.17) is 9.47 Å². The van der Waals surface area contributed by atoms with Gasteiger partial charge in [0.2, 0.25) is 0 Å². The smallest absolute Gasteiger partial charge is 0.410 e. The molecule has 1 rings (SSSR count). The highest BCUT2D eigenvalue weighted by Gasteiger charge is 2.31. The predicted molar refractivity (Wildman–Crippen MR) is 70.8 cm³/mol. The fourth-order valence-electron chi connectivity index (χ4n) is 1.75. The number of amides is 1. The molecule has 94 valence electrons. The number of likely N-dealkylation sites (tertiary alicyclic amines) is 1. The van der Waals surface area contributed by atoms with Gasteiger partial charge in [0.1, 0.15) is 5.60 Å². The Bertz CT molecular complexity index is 240. The largest absolute Gasteiger partial charge is 0.444 e. The van der Waals surface area contributed by atoms with E-state index in [0.29, 0.717) is 11.2 Å². The lowest BCUT2D eigenvalue weighted by Gasteiger charge is -2.28. The standard InChI is InChI=1S/C11H20INO3/c1-11(2,3)16-10(14)13-6-4-5-9(13)7-15-8-12/h9H,4-8H2,1-3H3/t9-/m0/s1. The van der Waals surface area contributed by atoms with Crippen molar-refractivity contribution in [3.05, 3.63) is 0 Å². The van der Waals surface area contributed by atoms with Crippen LogP contribution in [-0.4, -0.2) is 40.4 Å². The lowest BCUT2D eigenvalue weighted by atomic mass is 10.2. The number of nitrogens with zero attached hydrogens (tertiary/aromatic N) is 1. The first kappa shape index (κ1) is 14.0. The molecule has 1 saturated heterocycles. The molecule has 1 fully saturated rings. The van der Waals surface area contributed by atoms with Gasteiger partial charge >= 0.3 is 6.09 Å². The van der Waals surface area contributed by atoms with Crippen molar-refractivity contribution < 1.29 is 14.3 Å². The molecule has 0 spiro atoms. The lowest BCUT2D eigenvalue weighted by molar-refractivity contribution is 0.0144. The zero-order valence-corrected chi connectivity index (χ0v) is 12.3. The first-order valence-electron chi connectivity index (χ1n) is 5.57. The maximum absolute atomic E-state index is 11.9. The fraction of sp³-hybridized carbons (Fsp3) is 0.909. The molecule has 4 nitrogen and oxygen atoms in total. The minimum atomic E-state index is -0.422. The summed E-state index contributed by atoms with van der Waals surface area (Å²) in [6, 6.07) is 0.185. The molecular formula is C11H20INO3. The van der Waals surface area contributed by atoms with Gasteiger partial charge < -0.3 is 14.4 Å². The molecule has 1 aliphatic heterocycles. The van der Waals surface area contributed by atoms with E-state index < -0.39 is 5.60 Å². The first-order valence-corrected chi connectivity index (χ1v) is 7.10. The van der Waals surface area contributed by atoms with Gasteiger partial charge in [0.05, 0.1) is 17.3 Å². The molecule has 1 aliphatic rings. The van der Waals surface area contributed by atoms with Gasteiger partial charge in [-0.05, 0) is 33.6 Å². The Labute approximate surface area is 111 Å². The van der Waals surface area contributed by atoms with Gasteiger partial charge in [-0.15, -0.1) is 0 Å². The molecule has 5 heteroatoms. The normalized spacial score (nSPS) is 21.2. The van der Waals surface area contributed by atoms with Crippen molar-refractivity contribution >= 4 is 28.7 Å². The molecule has 16 heavy (non-hydrogen) atoms. The topological polar surface area (TPSA) is 38.8 Å². The Hall–Kier alpha value is -0.0400. The molecule has 0 unspecified atom stereocenters. The number of alkyl halides is 1. The molecule has 0 aromatic carbocycles. The zero-order valence-electron chi connectivity index (χ0n) is 10.2. The average molecular weight is 341 g/mol. The van der Waals surface area contributed by atoms with E-state index in [2.05, 4.69) is 22.6 Å². The Morgan fingerprint density at radius 1 is 1.50 bits per heavy atom. The SMILES string of the molecule is CC(C)(C)OC(=O)N1CCC[C@H]1COCI. The quantitative estimate of drug-likeness (QED) is 0.585. The van der Waals surface area contributed by atoms with Crippen LogP contribution >= 0.6 is 22.6 Å². The van der Waals surface area contributed by atoms with Crippen LogP contribution in [0.1, 0.15) is 33.6 Å². The predicted octanol–water partition coefficient (Wildman–Crippen LogP) is 2.80. The zero-order chi connectivity index (χ0) is 12.2. The summed E-state index contributed by atoms with van der Waals surface area (Å²) in [7, 11) is 0. The van der Waals surface area contributed by atoms with Crippen LogP contribution in [0.25, 0.3) is 0 Å². The van der Waals surface area contributed by atoms with E-state index in [-0.39, 0.29) is 12.1 Å². The molecule has 0 radical (unpaired) electrons. The molecule has 0 bridgehead atoms. The number of halogens is 1. The summed E-state index contributed by atoms with van der Waals surface area (Å²) in [6.07, 6.45) is 1.83. The maximum atomic E-state index is 11.9. The van der Waals surface area contributed by atoms with E-state index in [9.17, 15) is 4.79 Å². The average Bonchev–Trinajstić information content (AvgIpc) is 2.59. The van der Waals surface area contributed by atoms with Gasteiger partial charge in [0.25, 0.3) is 0 Å². The summed E-state index contributed by atoms with van der Waals surface area (Å²) in [5, 5.41) is 0. The van der Waals surface area contributed by atoms with Gasteiger partial charge in [0, 0.05) is 6.54 Å². The summed E-state index contributed by atoms with van der Waals surface area (Å²) in [6.45, 7) is 7.05. The monoisotopic (exact) mass is 341 g/mol. The number of carbonyl (C=O) groups is 1. The van der Waals surface area contributed by atoms with Crippen LogP contribution in [0, 0.1) is 0 Å². The molecule has 0 N–H and O–H groups in total. The summed E-state index contributed by atoms with van der Waals surface area (Å²) < 4.78 is 11.4. The Morgan fingerprint density at radius 3 is 2.75 bits per heavy atom. The molecule has 1 heterocycles. The highest BCUT2D eigenvalue weighted by molar-refractivity contribution is 14.1. The molecule has 0 aromatic heterocycles. The molecule has 1 amide bonds. The van der Waals surface area contributed by atoms with E-state index in [1.165, 1.54) is 0 Å². The highest BCUT2D eigenvalue weighted by Crippen LogP contribution is 2.21. The summed E-state index contributed by atoms with van der Waals surface area (Å²) in [4.78, 5) is 13.7. The van der Waals surface area contributed by atoms with Crippen molar-refractivity contribution in [3.8, 4) is 0 Å². The Kier molecular flexibility index (Phi) is 5.30. The van der Waals surface area contributed by atoms with Gasteiger partial charge in [-0.3, -0.25) is 0 Å². The van der Waals surface area contributed by atoms with Gasteiger partial charge in [-0.2, -0.15) is 0 Å². The summed E-state index contributed by atoms with van der Waals surface area (Å²) in [5.41, 5.74) is -0.422. The van der Waals surface area contributed by atoms with Crippen molar-refractivity contribution in [2.24, 2.45) is 0 Å². The van der Waals surface area contributed by atoms with Crippen molar-refractivity contribution in [1.29, 1.82) is 0 Å². The number of hydrogen-bond acceptors (Lipinski definition) is 3. The van der Waals surface area contributed by atoms with E-state index in [1.807, 2.05) is 20.8 Å². The second kappa shape index (κ2) is 6.05. The summed E-state index contributed by atoms with van der Waals surface area (Å²) in [5.74, 6) is 0. The van der Waals surface area contributed by atoms with Gasteiger partial charge in [-0.1, -0.05) is 22.6 Å². The molecule has 0 saturated carbocycles. The van der Waals surface area contributed by atoms with Crippen LogP contribution in [0.3, 0.4) is 0 Å². The van der Waals surface area contributed by atoms with Crippen molar-refractivity contribution in [3.63, 3.8) is 0 Å². The van der Waals surface area contributed by atoms with Crippen molar-refractivity contribution in [2.45, 2.75) is 45.3 Å². The van der Waals surface area contributed by atoms with E-state index in [1.54, 1.807) is 4.90 Å². The van der Waals surface area contributed by atoms with Crippen LogP contribution in [0.4, 0.5) is 4.79 Å². The highest BCUT2D eigenvalue weighted by atomic mass is 127. The van der Waals surface area contributed by atoms with Gasteiger partial charge in [0.15, 0.2) is 0 Å². The lowest BCUT2D eigenvalue weighted by Crippen LogP contribution is -2.41. The summed E-state index contributed by atoms with van der Waals surface area (Å²) >= 11 is 2.16. The van der Waals surface area contributed by atoms with Crippen LogP contribution in [0.15, 0.2) is 0 Å². The molecular weight excluding hydrogens is 321 g/mol. The fourth-order valence-corrected chi connectivity index (χ4v) is 2.00. The molecule has 0 aromatic rings. The van der Waals surface area contributed by atoms with Crippen LogP contribution in [0.2, 0.25) is 0 Å². The minimum absolute atomic E-state index is 0.185. The second-order valence-electron chi connectivity index (χ2n) is 4.95. The minimum Gasteiger partial charge on any atom is -0.444 e. The van der Waals surface area contributed by atoms with Gasteiger partial charge in [-0.25, -0.2) is 4.79 Å². The third-order valence-electron chi connectivity index (χ3n) is 2.39. The molecule has 0 aliphatic carbocycles. The number of carbonyl (C=O) groups excluding carboxylic acids is 1. The first-order chi connectivity index (χ1) is 7.44. The van der Waals surface area contributed by atoms with E-state index in [0.717, 1.165) is 19.4 Å². The third-order valence-corrected chi connectivity index (χ3v) is 2.83. The van der Waals surface area contributed by atoms with Crippen molar-refractivity contribution in [2.75, 3.05) is 17.8 Å². The van der Waals surface area contributed by atoms with Crippen LogP contribution in [-0.2, 0) is 9.47 Å². The number of rotatable bonds is 3. The molecule has 1 atom stereocenters. The second-order valence-corrected chi connectivity index (χ2v) is 5.57. The number of hydrogen-bond donors (Lipinski definition) is 0.